The third-order valence-electron chi connectivity index (χ3n) is 2.28. The predicted octanol–water partition coefficient (Wildman–Crippen LogP) is 2.43. The first-order valence-corrected chi connectivity index (χ1v) is 5.59. The molecule has 1 N–H and O–H groups in total. The first kappa shape index (κ1) is 13.8. The van der Waals surface area contributed by atoms with Crippen LogP contribution >= 0.6 is 11.6 Å². The quantitative estimate of drug-likeness (QED) is 0.693. The molecule has 2 aromatic rings. The third-order valence-corrected chi connectivity index (χ3v) is 2.48. The Bertz CT molecular complexity index is 678. The number of nitrogens with one attached hydrogen (secondary N) is 1. The van der Waals surface area contributed by atoms with Crippen LogP contribution in [0.1, 0.15) is 10.4 Å². The summed E-state index contributed by atoms with van der Waals surface area (Å²) in [6.45, 7) is 0. The van der Waals surface area contributed by atoms with Crippen LogP contribution in [0.5, 0.6) is 0 Å². The molecule has 7 nitrogen and oxygen atoms in total. The molecular weight excluding hydrogens is 291 g/mol. The van der Waals surface area contributed by atoms with Gasteiger partial charge in [0.15, 0.2) is 11.0 Å². The zero-order valence-corrected chi connectivity index (χ0v) is 10.5. The Balaban J connectivity index is 2.19. The normalized spacial score (nSPS) is 10.1. The maximum absolute atomic E-state index is 13.4. The van der Waals surface area contributed by atoms with Crippen molar-refractivity contribution in [3.63, 3.8) is 0 Å². The molecule has 1 heterocycles. The van der Waals surface area contributed by atoms with Gasteiger partial charge in [0, 0.05) is 11.6 Å². The van der Waals surface area contributed by atoms with Gasteiger partial charge in [-0.2, -0.15) is 4.39 Å². The number of rotatable bonds is 3. The van der Waals surface area contributed by atoms with Gasteiger partial charge in [-0.3, -0.25) is 14.9 Å². The lowest BCUT2D eigenvalue weighted by molar-refractivity contribution is -0.387. The fourth-order valence-corrected chi connectivity index (χ4v) is 1.47. The molecule has 20 heavy (non-hydrogen) atoms. The monoisotopic (exact) mass is 296 g/mol. The molecule has 0 radical (unpaired) electrons. The number of hydrogen-bond donors (Lipinski definition) is 1. The van der Waals surface area contributed by atoms with E-state index in [1.807, 2.05) is 0 Å². The van der Waals surface area contributed by atoms with E-state index in [0.717, 1.165) is 18.2 Å². The zero-order chi connectivity index (χ0) is 14.7. The van der Waals surface area contributed by atoms with Gasteiger partial charge in [-0.15, -0.1) is 10.2 Å². The average molecular weight is 297 g/mol. The first-order chi connectivity index (χ1) is 9.47. The highest BCUT2D eigenvalue weighted by Crippen LogP contribution is 2.18. The standard InChI is InChI=1S/C11H6ClFN4O3/c12-9-3-4-10(16-15-9)14-11(18)6-1-2-8(17(19)20)7(13)5-6/h1-5H,(H,14,16,18). The number of carbonyl (C=O) groups excluding carboxylic acids is 1. The zero-order valence-electron chi connectivity index (χ0n) is 9.71. The van der Waals surface area contributed by atoms with Gasteiger partial charge in [0.2, 0.25) is 5.82 Å². The lowest BCUT2D eigenvalue weighted by Crippen LogP contribution is -2.13. The Kier molecular flexibility index (Phi) is 3.85. The molecule has 102 valence electrons. The van der Waals surface area contributed by atoms with Gasteiger partial charge in [0.1, 0.15) is 0 Å². The molecule has 0 bridgehead atoms. The van der Waals surface area contributed by atoms with Crippen molar-refractivity contribution in [1.29, 1.82) is 0 Å². The number of hydrogen-bond acceptors (Lipinski definition) is 5. The topological polar surface area (TPSA) is 98.0 Å². The molecule has 1 amide bonds. The molecular formula is C11H6ClFN4O3. The summed E-state index contributed by atoms with van der Waals surface area (Å²) in [5, 5.41) is 20.1. The number of aromatic nitrogens is 2. The van der Waals surface area contributed by atoms with E-state index in [1.165, 1.54) is 12.1 Å². The Morgan fingerprint density at radius 2 is 2.05 bits per heavy atom. The van der Waals surface area contributed by atoms with Gasteiger partial charge in [0.05, 0.1) is 4.92 Å². The van der Waals surface area contributed by atoms with E-state index in [-0.39, 0.29) is 16.5 Å². The first-order valence-electron chi connectivity index (χ1n) is 5.22. The summed E-state index contributed by atoms with van der Waals surface area (Å²) in [7, 11) is 0. The highest BCUT2D eigenvalue weighted by Gasteiger charge is 2.17. The molecule has 0 aliphatic rings. The smallest absolute Gasteiger partial charge is 0.304 e. The van der Waals surface area contributed by atoms with E-state index in [0.29, 0.717) is 0 Å². The highest BCUT2D eigenvalue weighted by molar-refractivity contribution is 6.29. The molecule has 0 spiro atoms. The van der Waals surface area contributed by atoms with Crippen molar-refractivity contribution in [3.05, 3.63) is 57.0 Å². The molecule has 0 atom stereocenters. The summed E-state index contributed by atoms with van der Waals surface area (Å²) in [6, 6.07) is 5.66. The summed E-state index contributed by atoms with van der Waals surface area (Å²) < 4.78 is 13.4. The van der Waals surface area contributed by atoms with Crippen LogP contribution in [0.4, 0.5) is 15.9 Å². The number of nitro benzene ring substituents is 1. The van der Waals surface area contributed by atoms with Crippen LogP contribution in [-0.2, 0) is 0 Å². The van der Waals surface area contributed by atoms with Gasteiger partial charge < -0.3 is 5.32 Å². The van der Waals surface area contributed by atoms with Crippen LogP contribution in [-0.4, -0.2) is 21.0 Å². The van der Waals surface area contributed by atoms with Crippen LogP contribution in [0.25, 0.3) is 0 Å². The van der Waals surface area contributed by atoms with E-state index >= 15 is 0 Å². The van der Waals surface area contributed by atoms with E-state index in [9.17, 15) is 19.3 Å². The number of amides is 1. The van der Waals surface area contributed by atoms with E-state index < -0.39 is 22.3 Å². The van der Waals surface area contributed by atoms with Crippen molar-refractivity contribution in [2.24, 2.45) is 0 Å². The molecule has 0 saturated heterocycles. The number of nitro groups is 1. The minimum absolute atomic E-state index is 0.0788. The second kappa shape index (κ2) is 5.57. The van der Waals surface area contributed by atoms with Gasteiger partial charge in [0.25, 0.3) is 5.91 Å². The Hall–Kier alpha value is -2.61. The van der Waals surface area contributed by atoms with Crippen LogP contribution in [0.2, 0.25) is 5.15 Å². The van der Waals surface area contributed by atoms with E-state index in [1.54, 1.807) is 0 Å². The summed E-state index contributed by atoms with van der Waals surface area (Å²) in [4.78, 5) is 21.4. The molecule has 0 aliphatic carbocycles. The lowest BCUT2D eigenvalue weighted by atomic mass is 10.2. The number of anilines is 1. The van der Waals surface area contributed by atoms with Gasteiger partial charge >= 0.3 is 5.69 Å². The van der Waals surface area contributed by atoms with Crippen molar-refractivity contribution >= 4 is 29.0 Å². The lowest BCUT2D eigenvalue weighted by Gasteiger charge is -2.04. The Labute approximate surface area is 116 Å². The summed E-state index contributed by atoms with van der Waals surface area (Å²) >= 11 is 5.53. The molecule has 0 saturated carbocycles. The van der Waals surface area contributed by atoms with Crippen molar-refractivity contribution in [1.82, 2.24) is 10.2 Å². The summed E-state index contributed by atoms with van der Waals surface area (Å²) in [5.41, 5.74) is -0.780. The molecule has 1 aromatic carbocycles. The third kappa shape index (κ3) is 3.04. The summed E-state index contributed by atoms with van der Waals surface area (Å²) in [6.07, 6.45) is 0. The maximum Gasteiger partial charge on any atom is 0.304 e. The molecule has 2 rings (SSSR count). The van der Waals surface area contributed by atoms with Crippen LogP contribution < -0.4 is 5.32 Å². The summed E-state index contributed by atoms with van der Waals surface area (Å²) in [5.74, 6) is -1.64. The minimum Gasteiger partial charge on any atom is -0.305 e. The molecule has 0 aliphatic heterocycles. The van der Waals surface area contributed by atoms with E-state index in [4.69, 9.17) is 11.6 Å². The van der Waals surface area contributed by atoms with Crippen molar-refractivity contribution in [3.8, 4) is 0 Å². The highest BCUT2D eigenvalue weighted by atomic mass is 35.5. The van der Waals surface area contributed by atoms with Crippen molar-refractivity contribution < 1.29 is 14.1 Å². The fraction of sp³-hybridized carbons (Fsp3) is 0. The van der Waals surface area contributed by atoms with Crippen LogP contribution in [0.3, 0.4) is 0 Å². The molecule has 1 aromatic heterocycles. The second-order valence-electron chi connectivity index (χ2n) is 3.62. The molecule has 0 unspecified atom stereocenters. The van der Waals surface area contributed by atoms with Crippen molar-refractivity contribution in [2.45, 2.75) is 0 Å². The number of benzene rings is 1. The van der Waals surface area contributed by atoms with Gasteiger partial charge in [-0.05, 0) is 24.3 Å². The van der Waals surface area contributed by atoms with Gasteiger partial charge in [-0.25, -0.2) is 0 Å². The number of carbonyl (C=O) groups is 1. The number of halogens is 2. The maximum atomic E-state index is 13.4. The fourth-order valence-electron chi connectivity index (χ4n) is 1.37. The Morgan fingerprint density at radius 1 is 1.30 bits per heavy atom. The molecule has 0 fully saturated rings. The predicted molar refractivity (Wildman–Crippen MR) is 68.0 cm³/mol. The second-order valence-corrected chi connectivity index (χ2v) is 4.01. The number of nitrogens with zero attached hydrogens (tertiary/aromatic N) is 3. The van der Waals surface area contributed by atoms with Gasteiger partial charge in [-0.1, -0.05) is 11.6 Å². The SMILES string of the molecule is O=C(Nc1ccc(Cl)nn1)c1ccc([N+](=O)[O-])c(F)c1. The minimum atomic E-state index is -1.09. The van der Waals surface area contributed by atoms with Crippen LogP contribution in [0, 0.1) is 15.9 Å². The Morgan fingerprint density at radius 3 is 2.60 bits per heavy atom. The van der Waals surface area contributed by atoms with Crippen LogP contribution in [0.15, 0.2) is 30.3 Å². The van der Waals surface area contributed by atoms with E-state index in [2.05, 4.69) is 15.5 Å². The largest absolute Gasteiger partial charge is 0.305 e. The van der Waals surface area contributed by atoms with Crippen molar-refractivity contribution in [2.75, 3.05) is 5.32 Å². The molecule has 9 heteroatoms. The average Bonchev–Trinajstić information content (AvgIpc) is 2.40.